The van der Waals surface area contributed by atoms with Crippen molar-refractivity contribution in [2.45, 2.75) is 37.5 Å². The van der Waals surface area contributed by atoms with Gasteiger partial charge in [0.15, 0.2) is 0 Å². The number of aromatic amines is 1. The number of carbonyl (C=O) groups is 1. The molecule has 0 saturated carbocycles. The number of aromatic nitrogens is 1. The number of nitrogens with one attached hydrogen (secondary N) is 2. The van der Waals surface area contributed by atoms with Crippen molar-refractivity contribution in [2.24, 2.45) is 0 Å². The fourth-order valence-electron chi connectivity index (χ4n) is 3.98. The number of H-pyrrole nitrogens is 1. The van der Waals surface area contributed by atoms with Crippen LogP contribution in [0.15, 0.2) is 18.8 Å². The van der Waals surface area contributed by atoms with Gasteiger partial charge in [-0.2, -0.15) is 13.2 Å². The van der Waals surface area contributed by atoms with E-state index in [4.69, 9.17) is 0 Å². The Bertz CT molecular complexity index is 701. The Balaban J connectivity index is 1.64. The lowest BCUT2D eigenvalue weighted by Gasteiger charge is -2.33. The summed E-state index contributed by atoms with van der Waals surface area (Å²) >= 11 is 0. The van der Waals surface area contributed by atoms with Gasteiger partial charge in [-0.05, 0) is 25.3 Å². The first-order valence-corrected chi connectivity index (χ1v) is 9.13. The van der Waals surface area contributed by atoms with Crippen LogP contribution in [0.2, 0.25) is 0 Å². The number of likely N-dealkylation sites (tertiary alicyclic amines) is 2. The van der Waals surface area contributed by atoms with Crippen molar-refractivity contribution < 1.29 is 18.0 Å². The van der Waals surface area contributed by atoms with Crippen LogP contribution in [0.4, 0.5) is 23.8 Å². The molecule has 2 unspecified atom stereocenters. The first-order valence-electron chi connectivity index (χ1n) is 9.13. The lowest BCUT2D eigenvalue weighted by atomic mass is 10.2. The molecule has 2 atom stereocenters. The van der Waals surface area contributed by atoms with E-state index in [1.807, 2.05) is 19.3 Å². The number of alkyl halides is 3. The Morgan fingerprint density at radius 1 is 1.37 bits per heavy atom. The minimum Gasteiger partial charge on any atom is -0.374 e. The molecule has 2 saturated heterocycles. The van der Waals surface area contributed by atoms with E-state index in [1.165, 1.54) is 4.90 Å². The zero-order valence-corrected chi connectivity index (χ0v) is 15.6. The average molecular weight is 385 g/mol. The van der Waals surface area contributed by atoms with Gasteiger partial charge in [0.05, 0.1) is 6.04 Å². The molecule has 2 aliphatic heterocycles. The van der Waals surface area contributed by atoms with Gasteiger partial charge in [0, 0.05) is 51.2 Å². The fourth-order valence-corrected chi connectivity index (χ4v) is 3.98. The van der Waals surface area contributed by atoms with Gasteiger partial charge in [0.25, 0.3) is 0 Å². The SMILES string of the molecule is C=C(c1cc[nH]c1NC)N1CCC(N(C)C(=O)N2CCCC2C(F)(F)F)C1. The van der Waals surface area contributed by atoms with E-state index in [0.29, 0.717) is 25.9 Å². The number of likely N-dealkylation sites (N-methyl/N-ethyl adjacent to an activating group) is 1. The number of rotatable bonds is 4. The highest BCUT2D eigenvalue weighted by atomic mass is 19.4. The van der Waals surface area contributed by atoms with Crippen molar-refractivity contribution in [2.75, 3.05) is 39.0 Å². The van der Waals surface area contributed by atoms with Gasteiger partial charge in [-0.3, -0.25) is 0 Å². The molecular formula is C18H26F3N5O. The van der Waals surface area contributed by atoms with Crippen molar-refractivity contribution in [3.8, 4) is 0 Å². The predicted octanol–water partition coefficient (Wildman–Crippen LogP) is 3.18. The Morgan fingerprint density at radius 3 is 2.78 bits per heavy atom. The highest BCUT2D eigenvalue weighted by molar-refractivity contribution is 5.76. The van der Waals surface area contributed by atoms with E-state index in [1.54, 1.807) is 7.05 Å². The lowest BCUT2D eigenvalue weighted by Crippen LogP contribution is -2.52. The normalized spacial score (nSPS) is 23.0. The summed E-state index contributed by atoms with van der Waals surface area (Å²) in [5.74, 6) is 0.859. The molecule has 0 spiro atoms. The molecule has 27 heavy (non-hydrogen) atoms. The third-order valence-corrected chi connectivity index (χ3v) is 5.58. The molecule has 9 heteroatoms. The quantitative estimate of drug-likeness (QED) is 0.837. The summed E-state index contributed by atoms with van der Waals surface area (Å²) in [6, 6.07) is -0.419. The highest BCUT2D eigenvalue weighted by Crippen LogP contribution is 2.34. The number of hydrogen-bond donors (Lipinski definition) is 2. The molecule has 0 radical (unpaired) electrons. The minimum absolute atomic E-state index is 0.0169. The summed E-state index contributed by atoms with van der Waals surface area (Å²) in [5, 5.41) is 3.07. The second-order valence-electron chi connectivity index (χ2n) is 7.14. The maximum absolute atomic E-state index is 13.2. The molecule has 0 bridgehead atoms. The second-order valence-corrected chi connectivity index (χ2v) is 7.14. The topological polar surface area (TPSA) is 54.6 Å². The Kier molecular flexibility index (Phi) is 5.30. The van der Waals surface area contributed by atoms with Gasteiger partial charge < -0.3 is 25.0 Å². The van der Waals surface area contributed by atoms with E-state index < -0.39 is 18.2 Å². The van der Waals surface area contributed by atoms with Crippen LogP contribution in [0.5, 0.6) is 0 Å². The number of anilines is 1. The van der Waals surface area contributed by atoms with E-state index in [9.17, 15) is 18.0 Å². The van der Waals surface area contributed by atoms with Gasteiger partial charge in [0.1, 0.15) is 11.9 Å². The maximum Gasteiger partial charge on any atom is 0.408 e. The Morgan fingerprint density at radius 2 is 2.11 bits per heavy atom. The van der Waals surface area contributed by atoms with Gasteiger partial charge in [0.2, 0.25) is 0 Å². The van der Waals surface area contributed by atoms with Crippen molar-refractivity contribution >= 4 is 17.5 Å². The van der Waals surface area contributed by atoms with Crippen molar-refractivity contribution in [3.05, 3.63) is 24.4 Å². The van der Waals surface area contributed by atoms with Crippen LogP contribution >= 0.6 is 0 Å². The zero-order valence-electron chi connectivity index (χ0n) is 15.6. The van der Waals surface area contributed by atoms with Crippen LogP contribution in [0.3, 0.4) is 0 Å². The molecule has 6 nitrogen and oxygen atoms in total. The summed E-state index contributed by atoms with van der Waals surface area (Å²) in [5.41, 5.74) is 1.78. The first-order chi connectivity index (χ1) is 12.7. The Labute approximate surface area is 157 Å². The van der Waals surface area contributed by atoms with E-state index >= 15 is 0 Å². The van der Waals surface area contributed by atoms with Crippen molar-refractivity contribution in [3.63, 3.8) is 0 Å². The number of hydrogen-bond acceptors (Lipinski definition) is 3. The van der Waals surface area contributed by atoms with Gasteiger partial charge in [-0.1, -0.05) is 6.58 Å². The summed E-state index contributed by atoms with van der Waals surface area (Å²) < 4.78 is 39.5. The predicted molar refractivity (Wildman–Crippen MR) is 98.3 cm³/mol. The van der Waals surface area contributed by atoms with Crippen LogP contribution in [-0.4, -0.2) is 77.7 Å². The average Bonchev–Trinajstić information content (AvgIpc) is 3.38. The third kappa shape index (κ3) is 3.72. The largest absolute Gasteiger partial charge is 0.408 e. The number of halogens is 3. The van der Waals surface area contributed by atoms with E-state index in [0.717, 1.165) is 22.0 Å². The molecule has 3 heterocycles. The van der Waals surface area contributed by atoms with E-state index in [2.05, 4.69) is 21.8 Å². The van der Waals surface area contributed by atoms with Gasteiger partial charge >= 0.3 is 12.2 Å². The second kappa shape index (κ2) is 7.36. The van der Waals surface area contributed by atoms with Gasteiger partial charge in [-0.15, -0.1) is 0 Å². The van der Waals surface area contributed by atoms with Crippen molar-refractivity contribution in [1.29, 1.82) is 0 Å². The third-order valence-electron chi connectivity index (χ3n) is 5.58. The van der Waals surface area contributed by atoms with Crippen LogP contribution in [0.1, 0.15) is 24.8 Å². The molecule has 0 aliphatic carbocycles. The lowest BCUT2D eigenvalue weighted by molar-refractivity contribution is -0.170. The summed E-state index contributed by atoms with van der Waals surface area (Å²) in [6.07, 6.45) is -1.49. The summed E-state index contributed by atoms with van der Waals surface area (Å²) in [7, 11) is 3.41. The van der Waals surface area contributed by atoms with Crippen LogP contribution in [0.25, 0.3) is 5.70 Å². The number of amides is 2. The molecule has 2 fully saturated rings. The smallest absolute Gasteiger partial charge is 0.374 e. The monoisotopic (exact) mass is 385 g/mol. The fraction of sp³-hybridized carbons (Fsp3) is 0.611. The molecule has 2 amide bonds. The van der Waals surface area contributed by atoms with Crippen LogP contribution < -0.4 is 5.32 Å². The molecule has 0 aromatic carbocycles. The molecule has 2 aliphatic rings. The number of carbonyl (C=O) groups excluding carboxylic acids is 1. The summed E-state index contributed by atoms with van der Waals surface area (Å²) in [6.45, 7) is 5.57. The molecule has 1 aromatic heterocycles. The van der Waals surface area contributed by atoms with Gasteiger partial charge in [-0.25, -0.2) is 4.79 Å². The molecule has 150 valence electrons. The first kappa shape index (κ1) is 19.4. The molecule has 3 rings (SSSR count). The minimum atomic E-state index is -4.37. The van der Waals surface area contributed by atoms with Crippen LogP contribution in [0, 0.1) is 0 Å². The number of nitrogens with zero attached hydrogens (tertiary/aromatic N) is 3. The zero-order chi connectivity index (χ0) is 19.8. The Hall–Kier alpha value is -2.32. The molecule has 2 N–H and O–H groups in total. The van der Waals surface area contributed by atoms with Crippen LogP contribution in [-0.2, 0) is 0 Å². The molecular weight excluding hydrogens is 359 g/mol. The van der Waals surface area contributed by atoms with Crippen molar-refractivity contribution in [1.82, 2.24) is 19.7 Å². The summed E-state index contributed by atoms with van der Waals surface area (Å²) in [4.78, 5) is 20.3. The number of urea groups is 1. The van der Waals surface area contributed by atoms with E-state index in [-0.39, 0.29) is 19.0 Å². The standard InChI is InChI=1S/C18H26F3N5O/c1-12(14-6-8-23-16(14)22-2)25-10-7-13(11-25)24(3)17(27)26-9-4-5-15(26)18(19,20)21/h6,8,13,15,22-23H,1,4-5,7,9-11H2,2-3H3. The highest BCUT2D eigenvalue weighted by Gasteiger charge is 2.49. The molecule has 1 aromatic rings. The maximum atomic E-state index is 13.2.